The minimum Gasteiger partial charge on any atom is -0.325 e. The van der Waals surface area contributed by atoms with E-state index in [4.69, 9.17) is 16.6 Å². The molecule has 8 heteroatoms. The summed E-state index contributed by atoms with van der Waals surface area (Å²) < 4.78 is 1.64. The maximum atomic E-state index is 13.7. The predicted octanol–water partition coefficient (Wildman–Crippen LogP) is 5.71. The van der Waals surface area contributed by atoms with Gasteiger partial charge in [-0.25, -0.2) is 4.98 Å². The number of hydrogen-bond donors (Lipinski definition) is 1. The lowest BCUT2D eigenvalue weighted by Gasteiger charge is -2.13. The number of carbonyl (C=O) groups is 1. The smallest absolute Gasteiger partial charge is 0.267 e. The number of amides is 1. The highest BCUT2D eigenvalue weighted by atomic mass is 35.5. The van der Waals surface area contributed by atoms with E-state index in [2.05, 4.69) is 5.32 Å². The van der Waals surface area contributed by atoms with Gasteiger partial charge in [0.05, 0.1) is 16.8 Å². The second kappa shape index (κ2) is 9.10. The summed E-state index contributed by atoms with van der Waals surface area (Å²) in [5.41, 5.74) is 2.49. The molecule has 5 nitrogen and oxygen atoms in total. The highest BCUT2D eigenvalue weighted by molar-refractivity contribution is 7.99. The van der Waals surface area contributed by atoms with E-state index in [1.165, 1.54) is 16.6 Å². The van der Waals surface area contributed by atoms with Crippen LogP contribution in [0.3, 0.4) is 0 Å². The topological polar surface area (TPSA) is 64.0 Å². The highest BCUT2D eigenvalue weighted by Crippen LogP contribution is 2.35. The third kappa shape index (κ3) is 4.20. The molecule has 5 rings (SSSR count). The zero-order valence-electron chi connectivity index (χ0n) is 17.1. The summed E-state index contributed by atoms with van der Waals surface area (Å²) >= 11 is 8.88. The zero-order valence-corrected chi connectivity index (χ0v) is 19.5. The number of para-hydroxylation sites is 1. The molecule has 0 radical (unpaired) electrons. The Bertz CT molecular complexity index is 1370. The number of nitrogens with zero attached hydrogens (tertiary/aromatic N) is 2. The molecule has 0 saturated carbocycles. The summed E-state index contributed by atoms with van der Waals surface area (Å²) in [5.74, 6) is -0.0562. The number of nitrogens with one attached hydrogen (secondary N) is 1. The van der Waals surface area contributed by atoms with Gasteiger partial charge in [0.2, 0.25) is 5.91 Å². The van der Waals surface area contributed by atoms with E-state index < -0.39 is 0 Å². The number of thioether (sulfide) groups is 1. The quantitative estimate of drug-likeness (QED) is 0.293. The largest absolute Gasteiger partial charge is 0.325 e. The monoisotopic (exact) mass is 481 g/mol. The number of carbonyl (C=O) groups excluding carboxylic acids is 1. The van der Waals surface area contributed by atoms with Crippen molar-refractivity contribution < 1.29 is 4.79 Å². The molecular formula is C24H20ClN3O2S2. The van der Waals surface area contributed by atoms with Gasteiger partial charge in [0, 0.05) is 15.6 Å². The Hall–Kier alpha value is -2.61. The molecule has 4 aromatic rings. The van der Waals surface area contributed by atoms with Gasteiger partial charge in [-0.05, 0) is 61.6 Å². The Morgan fingerprint density at radius 3 is 2.75 bits per heavy atom. The number of thiophene rings is 1. The fraction of sp³-hybridized carbons (Fsp3) is 0.208. The molecule has 2 heterocycles. The van der Waals surface area contributed by atoms with Crippen LogP contribution < -0.4 is 10.9 Å². The van der Waals surface area contributed by atoms with Crippen molar-refractivity contribution in [3.63, 3.8) is 0 Å². The van der Waals surface area contributed by atoms with Crippen molar-refractivity contribution in [3.8, 4) is 5.69 Å². The van der Waals surface area contributed by atoms with Crippen molar-refractivity contribution in [2.45, 2.75) is 30.8 Å². The van der Waals surface area contributed by atoms with E-state index in [1.54, 1.807) is 40.2 Å². The van der Waals surface area contributed by atoms with E-state index in [0.29, 0.717) is 15.9 Å². The number of anilines is 1. The molecule has 162 valence electrons. The fourth-order valence-electron chi connectivity index (χ4n) is 3.98. The van der Waals surface area contributed by atoms with E-state index in [1.807, 2.05) is 30.3 Å². The fourth-order valence-corrected chi connectivity index (χ4v) is 6.29. The number of aryl methyl sites for hydroxylation is 2. The van der Waals surface area contributed by atoms with Crippen molar-refractivity contribution in [3.05, 3.63) is 80.4 Å². The van der Waals surface area contributed by atoms with Gasteiger partial charge in [-0.2, -0.15) is 0 Å². The molecule has 1 N–H and O–H groups in total. The van der Waals surface area contributed by atoms with Crippen LogP contribution in [-0.2, 0) is 17.6 Å². The maximum absolute atomic E-state index is 13.7. The van der Waals surface area contributed by atoms with Crippen LogP contribution in [0.5, 0.6) is 0 Å². The molecule has 0 atom stereocenters. The van der Waals surface area contributed by atoms with Gasteiger partial charge in [-0.3, -0.25) is 14.2 Å². The van der Waals surface area contributed by atoms with Crippen LogP contribution in [-0.4, -0.2) is 21.2 Å². The average Bonchev–Trinajstić information content (AvgIpc) is 3.17. The van der Waals surface area contributed by atoms with E-state index in [9.17, 15) is 9.59 Å². The van der Waals surface area contributed by atoms with Gasteiger partial charge in [0.15, 0.2) is 5.16 Å². The number of halogens is 1. The first kappa shape index (κ1) is 21.2. The normalized spacial score (nSPS) is 13.2. The summed E-state index contributed by atoms with van der Waals surface area (Å²) in [7, 11) is 0. The second-order valence-electron chi connectivity index (χ2n) is 7.61. The molecule has 32 heavy (non-hydrogen) atoms. The number of hydrogen-bond acceptors (Lipinski definition) is 5. The molecular weight excluding hydrogens is 462 g/mol. The minimum atomic E-state index is -0.184. The molecule has 1 aliphatic rings. The van der Waals surface area contributed by atoms with Gasteiger partial charge < -0.3 is 5.32 Å². The van der Waals surface area contributed by atoms with E-state index in [-0.39, 0.29) is 17.2 Å². The molecule has 0 saturated heterocycles. The maximum Gasteiger partial charge on any atom is 0.267 e. The first-order chi connectivity index (χ1) is 15.6. The molecule has 0 unspecified atom stereocenters. The summed E-state index contributed by atoms with van der Waals surface area (Å²) in [5, 5.41) is 4.66. The summed E-state index contributed by atoms with van der Waals surface area (Å²) in [6.07, 6.45) is 4.18. The lowest BCUT2D eigenvalue weighted by molar-refractivity contribution is -0.113. The van der Waals surface area contributed by atoms with Gasteiger partial charge in [0.25, 0.3) is 5.56 Å². The third-order valence-corrected chi connectivity index (χ3v) is 7.77. The minimum absolute atomic E-state index is 0.0571. The summed E-state index contributed by atoms with van der Waals surface area (Å²) in [6.45, 7) is 0. The Kier molecular flexibility index (Phi) is 6.04. The zero-order chi connectivity index (χ0) is 22.1. The van der Waals surface area contributed by atoms with Crippen LogP contribution in [0.2, 0.25) is 5.02 Å². The molecule has 1 aliphatic carbocycles. The number of rotatable bonds is 5. The van der Waals surface area contributed by atoms with Crippen molar-refractivity contribution in [1.29, 1.82) is 0 Å². The summed E-state index contributed by atoms with van der Waals surface area (Å²) in [4.78, 5) is 33.1. The molecule has 0 spiro atoms. The van der Waals surface area contributed by atoms with E-state index in [0.717, 1.165) is 47.2 Å². The van der Waals surface area contributed by atoms with Crippen molar-refractivity contribution in [2.24, 2.45) is 0 Å². The Labute approximate surface area is 198 Å². The first-order valence-electron chi connectivity index (χ1n) is 10.4. The van der Waals surface area contributed by atoms with Crippen molar-refractivity contribution in [1.82, 2.24) is 9.55 Å². The molecule has 0 aliphatic heterocycles. The molecule has 1 amide bonds. The highest BCUT2D eigenvalue weighted by Gasteiger charge is 2.23. The van der Waals surface area contributed by atoms with Crippen LogP contribution in [0.4, 0.5) is 5.69 Å². The second-order valence-corrected chi connectivity index (χ2v) is 10.1. The third-order valence-electron chi connectivity index (χ3n) is 5.41. The Balaban J connectivity index is 1.51. The number of benzene rings is 2. The molecule has 0 fully saturated rings. The van der Waals surface area contributed by atoms with Crippen molar-refractivity contribution >= 4 is 56.5 Å². The Morgan fingerprint density at radius 2 is 1.94 bits per heavy atom. The SMILES string of the molecule is O=C(CSc1nc2sc3c(c2c(=O)n1-c1ccccc1)CCCC3)Nc1cccc(Cl)c1. The van der Waals surface area contributed by atoms with Crippen LogP contribution in [0.1, 0.15) is 23.3 Å². The standard InChI is InChI=1S/C24H20ClN3O2S2/c25-15-7-6-8-16(13-15)26-20(29)14-31-24-27-22-21(18-11-4-5-12-19(18)32-22)23(30)28(24)17-9-2-1-3-10-17/h1-3,6-10,13H,4-5,11-12,14H2,(H,26,29). The predicted molar refractivity (Wildman–Crippen MR) is 133 cm³/mol. The van der Waals surface area contributed by atoms with Gasteiger partial charge in [0.1, 0.15) is 4.83 Å². The summed E-state index contributed by atoms with van der Waals surface area (Å²) in [6, 6.07) is 16.5. The van der Waals surface area contributed by atoms with Crippen LogP contribution in [0, 0.1) is 0 Å². The lowest BCUT2D eigenvalue weighted by atomic mass is 9.97. The van der Waals surface area contributed by atoms with Gasteiger partial charge >= 0.3 is 0 Å². The average molecular weight is 482 g/mol. The first-order valence-corrected chi connectivity index (χ1v) is 12.6. The molecule has 2 aromatic carbocycles. The van der Waals surface area contributed by atoms with Gasteiger partial charge in [-0.15, -0.1) is 11.3 Å². The molecule has 2 aromatic heterocycles. The lowest BCUT2D eigenvalue weighted by Crippen LogP contribution is -2.23. The van der Waals surface area contributed by atoms with Crippen LogP contribution >= 0.6 is 34.7 Å². The molecule has 0 bridgehead atoms. The van der Waals surface area contributed by atoms with E-state index >= 15 is 0 Å². The van der Waals surface area contributed by atoms with Gasteiger partial charge in [-0.1, -0.05) is 47.6 Å². The Morgan fingerprint density at radius 1 is 1.12 bits per heavy atom. The number of fused-ring (bicyclic) bond motifs is 3. The number of aromatic nitrogens is 2. The van der Waals surface area contributed by atoms with Crippen LogP contribution in [0.25, 0.3) is 15.9 Å². The van der Waals surface area contributed by atoms with Crippen molar-refractivity contribution in [2.75, 3.05) is 11.1 Å². The van der Waals surface area contributed by atoms with Crippen LogP contribution in [0.15, 0.2) is 64.5 Å².